The molecule has 3 atom stereocenters. The van der Waals surface area contributed by atoms with E-state index in [-0.39, 0.29) is 32.9 Å². The summed E-state index contributed by atoms with van der Waals surface area (Å²) < 4.78 is 28.5. The van der Waals surface area contributed by atoms with Gasteiger partial charge in [-0.05, 0) is 0 Å². The first-order valence-corrected chi connectivity index (χ1v) is 5.48. The number of aliphatic hydroxyl groups is 1. The molecule has 0 saturated carbocycles. The van der Waals surface area contributed by atoms with Gasteiger partial charge in [0.2, 0.25) is 12.6 Å². The number of ether oxygens (including phenoxy) is 6. The minimum Gasteiger partial charge on any atom is -0.435 e. The highest BCUT2D eigenvalue weighted by Crippen LogP contribution is 2.08. The van der Waals surface area contributed by atoms with Crippen LogP contribution in [0.3, 0.4) is 0 Å². The SMILES string of the molecule is COCC(OC=O)OCC(O)COC1COC(=O)O1. The molecule has 1 N–H and O–H groups in total. The molecule has 3 unspecified atom stereocenters. The van der Waals surface area contributed by atoms with Gasteiger partial charge in [0.1, 0.15) is 12.7 Å². The Morgan fingerprint density at radius 3 is 2.84 bits per heavy atom. The summed E-state index contributed by atoms with van der Waals surface area (Å²) >= 11 is 0. The number of rotatable bonds is 10. The third-order valence-corrected chi connectivity index (χ3v) is 2.02. The van der Waals surface area contributed by atoms with Gasteiger partial charge in [0, 0.05) is 7.11 Å². The fourth-order valence-electron chi connectivity index (χ4n) is 1.20. The predicted octanol–water partition coefficient (Wildman–Crippen LogP) is -0.981. The highest BCUT2D eigenvalue weighted by molar-refractivity contribution is 5.61. The second-order valence-corrected chi connectivity index (χ2v) is 3.55. The molecule has 0 aliphatic carbocycles. The third-order valence-electron chi connectivity index (χ3n) is 2.02. The molecule has 19 heavy (non-hydrogen) atoms. The van der Waals surface area contributed by atoms with E-state index in [0.717, 1.165) is 0 Å². The quantitative estimate of drug-likeness (QED) is 0.306. The Morgan fingerprint density at radius 2 is 2.26 bits per heavy atom. The van der Waals surface area contributed by atoms with Crippen LogP contribution in [0.15, 0.2) is 0 Å². The van der Waals surface area contributed by atoms with Crippen molar-refractivity contribution in [2.75, 3.05) is 33.5 Å². The van der Waals surface area contributed by atoms with Gasteiger partial charge < -0.3 is 33.5 Å². The van der Waals surface area contributed by atoms with Crippen molar-refractivity contribution < 1.29 is 43.1 Å². The Hall–Kier alpha value is -1.42. The first kappa shape index (κ1) is 15.6. The fraction of sp³-hybridized carbons (Fsp3) is 0.800. The van der Waals surface area contributed by atoms with Crippen molar-refractivity contribution in [3.63, 3.8) is 0 Å². The molecule has 0 aromatic rings. The molecular weight excluding hydrogens is 264 g/mol. The number of hydrogen-bond acceptors (Lipinski definition) is 9. The van der Waals surface area contributed by atoms with Crippen LogP contribution >= 0.6 is 0 Å². The zero-order valence-electron chi connectivity index (χ0n) is 10.4. The molecule has 9 nitrogen and oxygen atoms in total. The molecule has 0 bridgehead atoms. The van der Waals surface area contributed by atoms with Crippen molar-refractivity contribution >= 4 is 12.6 Å². The van der Waals surface area contributed by atoms with Crippen LogP contribution in [0.2, 0.25) is 0 Å². The number of cyclic esters (lactones) is 2. The zero-order chi connectivity index (χ0) is 14.1. The van der Waals surface area contributed by atoms with Crippen molar-refractivity contribution in [3.05, 3.63) is 0 Å². The standard InChI is InChI=1S/C10H16O9/c1-14-4-8(18-6-11)15-2-7(12)3-16-9-5-17-10(13)19-9/h6-9,12H,2-5H2,1H3. The second-order valence-electron chi connectivity index (χ2n) is 3.55. The van der Waals surface area contributed by atoms with Crippen LogP contribution in [0.1, 0.15) is 0 Å². The van der Waals surface area contributed by atoms with E-state index in [1.807, 2.05) is 0 Å². The minimum absolute atomic E-state index is 0.0209. The average molecular weight is 280 g/mol. The topological polar surface area (TPSA) is 110 Å². The summed E-state index contributed by atoms with van der Waals surface area (Å²) in [5, 5.41) is 9.54. The van der Waals surface area contributed by atoms with Crippen molar-refractivity contribution in [1.29, 1.82) is 0 Å². The van der Waals surface area contributed by atoms with Gasteiger partial charge in [-0.2, -0.15) is 0 Å². The van der Waals surface area contributed by atoms with Gasteiger partial charge in [0.15, 0.2) is 6.61 Å². The maximum absolute atomic E-state index is 10.6. The molecular formula is C10H16O9. The summed E-state index contributed by atoms with van der Waals surface area (Å²) in [4.78, 5) is 20.7. The van der Waals surface area contributed by atoms with Crippen molar-refractivity contribution in [2.24, 2.45) is 0 Å². The summed E-state index contributed by atoms with van der Waals surface area (Å²) in [6, 6.07) is 0. The first-order valence-electron chi connectivity index (χ1n) is 5.48. The van der Waals surface area contributed by atoms with Gasteiger partial charge >= 0.3 is 6.16 Å². The van der Waals surface area contributed by atoms with Crippen LogP contribution in [-0.4, -0.2) is 70.0 Å². The molecule has 1 aliphatic rings. The third kappa shape index (κ3) is 6.34. The van der Waals surface area contributed by atoms with Crippen LogP contribution < -0.4 is 0 Å². The number of carbonyl (C=O) groups is 2. The molecule has 1 rings (SSSR count). The highest BCUT2D eigenvalue weighted by Gasteiger charge is 2.26. The smallest absolute Gasteiger partial charge is 0.435 e. The second kappa shape index (κ2) is 8.64. The van der Waals surface area contributed by atoms with Crippen molar-refractivity contribution in [3.8, 4) is 0 Å². The van der Waals surface area contributed by atoms with Crippen molar-refractivity contribution in [2.45, 2.75) is 18.7 Å². The van der Waals surface area contributed by atoms with E-state index in [4.69, 9.17) is 14.2 Å². The van der Waals surface area contributed by atoms with E-state index < -0.39 is 24.8 Å². The Labute approximate surface area is 109 Å². The van der Waals surface area contributed by atoms with E-state index >= 15 is 0 Å². The molecule has 1 fully saturated rings. The van der Waals surface area contributed by atoms with E-state index in [1.54, 1.807) is 0 Å². The Morgan fingerprint density at radius 1 is 1.47 bits per heavy atom. The monoisotopic (exact) mass is 280 g/mol. The lowest BCUT2D eigenvalue weighted by Gasteiger charge is -2.18. The van der Waals surface area contributed by atoms with Gasteiger partial charge in [-0.15, -0.1) is 0 Å². The van der Waals surface area contributed by atoms with Crippen LogP contribution in [0.25, 0.3) is 0 Å². The summed E-state index contributed by atoms with van der Waals surface area (Å²) in [7, 11) is 1.42. The Balaban J connectivity index is 2.13. The largest absolute Gasteiger partial charge is 0.510 e. The molecule has 0 aromatic carbocycles. The Kier molecular flexibility index (Phi) is 7.11. The van der Waals surface area contributed by atoms with Gasteiger partial charge in [0.25, 0.3) is 6.47 Å². The maximum Gasteiger partial charge on any atom is 0.510 e. The highest BCUT2D eigenvalue weighted by atomic mass is 16.8. The normalized spacial score (nSPS) is 21.4. The molecule has 1 heterocycles. The number of aliphatic hydroxyl groups excluding tert-OH is 1. The minimum atomic E-state index is -0.978. The predicted molar refractivity (Wildman–Crippen MR) is 56.9 cm³/mol. The molecule has 0 radical (unpaired) electrons. The summed E-state index contributed by atoms with van der Waals surface area (Å²) in [5.74, 6) is 0. The van der Waals surface area contributed by atoms with Crippen LogP contribution in [0.5, 0.6) is 0 Å². The number of methoxy groups -OCH3 is 1. The maximum atomic E-state index is 10.6. The van der Waals surface area contributed by atoms with E-state index in [9.17, 15) is 14.7 Å². The van der Waals surface area contributed by atoms with Crippen LogP contribution in [0.4, 0.5) is 4.79 Å². The van der Waals surface area contributed by atoms with Gasteiger partial charge in [-0.1, -0.05) is 0 Å². The van der Waals surface area contributed by atoms with E-state index in [2.05, 4.69) is 14.2 Å². The van der Waals surface area contributed by atoms with Crippen LogP contribution in [-0.2, 0) is 33.2 Å². The summed E-state index contributed by atoms with van der Waals surface area (Å²) in [6.45, 7) is -0.0132. The molecule has 1 saturated heterocycles. The van der Waals surface area contributed by atoms with E-state index in [0.29, 0.717) is 0 Å². The first-order chi connectivity index (χ1) is 9.15. The zero-order valence-corrected chi connectivity index (χ0v) is 10.4. The summed E-state index contributed by atoms with van der Waals surface area (Å²) in [6.07, 6.45) is -3.52. The Bertz CT molecular complexity index is 282. The molecule has 110 valence electrons. The fourth-order valence-corrected chi connectivity index (χ4v) is 1.20. The average Bonchev–Trinajstić information content (AvgIpc) is 2.80. The molecule has 9 heteroatoms. The van der Waals surface area contributed by atoms with Crippen molar-refractivity contribution in [1.82, 2.24) is 0 Å². The van der Waals surface area contributed by atoms with E-state index in [1.165, 1.54) is 7.11 Å². The van der Waals surface area contributed by atoms with Crippen LogP contribution in [0, 0.1) is 0 Å². The van der Waals surface area contributed by atoms with Gasteiger partial charge in [0.05, 0.1) is 13.2 Å². The lowest BCUT2D eigenvalue weighted by molar-refractivity contribution is -0.187. The lowest BCUT2D eigenvalue weighted by atomic mass is 10.4. The lowest BCUT2D eigenvalue weighted by Crippen LogP contribution is -2.31. The molecule has 0 amide bonds. The molecule has 0 spiro atoms. The summed E-state index contributed by atoms with van der Waals surface area (Å²) in [5.41, 5.74) is 0. The number of carbonyl (C=O) groups excluding carboxylic acids is 2. The van der Waals surface area contributed by atoms with Gasteiger partial charge in [-0.25, -0.2) is 4.79 Å². The molecule has 0 aromatic heterocycles. The van der Waals surface area contributed by atoms with Gasteiger partial charge in [-0.3, -0.25) is 4.79 Å². The number of hydrogen-bond donors (Lipinski definition) is 1. The molecule has 1 aliphatic heterocycles.